The molecular weight excluding hydrogens is 376 g/mol. The van der Waals surface area contributed by atoms with Gasteiger partial charge in [0.1, 0.15) is 6.61 Å². The number of hydrogen-bond acceptors (Lipinski definition) is 5. The average Bonchev–Trinajstić information content (AvgIpc) is 2.80. The maximum atomic E-state index is 10.8. The van der Waals surface area contributed by atoms with E-state index < -0.39 is 6.10 Å². The topological polar surface area (TPSA) is 54.0 Å². The summed E-state index contributed by atoms with van der Waals surface area (Å²) in [6, 6.07) is 10.6. The van der Waals surface area contributed by atoms with Crippen molar-refractivity contribution < 1.29 is 14.9 Å². The lowest BCUT2D eigenvalue weighted by Crippen LogP contribution is -2.53. The zero-order valence-electron chi connectivity index (χ0n) is 17.5. The van der Waals surface area contributed by atoms with Crippen LogP contribution in [0.2, 0.25) is 0 Å². The largest absolute Gasteiger partial charge is 0.392 e. The van der Waals surface area contributed by atoms with Crippen LogP contribution in [0.1, 0.15) is 30.7 Å². The predicted octanol–water partition coefficient (Wildman–Crippen LogP) is 3.47. The molecule has 2 aliphatic heterocycles. The van der Waals surface area contributed by atoms with Crippen LogP contribution in [0.25, 0.3) is 0 Å². The van der Waals surface area contributed by atoms with Gasteiger partial charge in [0.05, 0.1) is 6.10 Å². The van der Waals surface area contributed by atoms with Crippen molar-refractivity contribution in [3.8, 4) is 0 Å². The number of aliphatic hydroxyl groups is 1. The maximum absolute atomic E-state index is 10.8. The van der Waals surface area contributed by atoms with Crippen molar-refractivity contribution in [2.24, 2.45) is 0 Å². The molecule has 3 atom stereocenters. The van der Waals surface area contributed by atoms with E-state index in [0.29, 0.717) is 13.0 Å². The molecule has 30 heavy (non-hydrogen) atoms. The molecule has 3 aliphatic rings. The van der Waals surface area contributed by atoms with Crippen molar-refractivity contribution in [2.45, 2.75) is 37.3 Å². The summed E-state index contributed by atoms with van der Waals surface area (Å²) in [6.07, 6.45) is 9.96. The average molecular weight is 409 g/mol. The number of rotatable bonds is 8. The molecule has 5 nitrogen and oxygen atoms in total. The number of aliphatic hydroxyl groups excluding tert-OH is 1. The molecule has 2 heterocycles. The van der Waals surface area contributed by atoms with Gasteiger partial charge >= 0.3 is 0 Å². The second kappa shape index (κ2) is 10.2. The highest BCUT2D eigenvalue weighted by molar-refractivity contribution is 5.42. The molecule has 0 aromatic heterocycles. The fourth-order valence-corrected chi connectivity index (χ4v) is 4.73. The van der Waals surface area contributed by atoms with Crippen LogP contribution in [-0.2, 0) is 9.78 Å². The fraction of sp³-hybridized carbons (Fsp3) is 0.440. The van der Waals surface area contributed by atoms with E-state index in [1.807, 2.05) is 36.4 Å². The Balaban J connectivity index is 1.51. The first-order valence-corrected chi connectivity index (χ1v) is 10.9. The molecule has 1 fully saturated rings. The predicted molar refractivity (Wildman–Crippen MR) is 119 cm³/mol. The summed E-state index contributed by atoms with van der Waals surface area (Å²) in [5.41, 5.74) is 3.76. The van der Waals surface area contributed by atoms with Crippen LogP contribution in [0.4, 0.5) is 0 Å². The molecule has 2 N–H and O–H groups in total. The second-order valence-corrected chi connectivity index (χ2v) is 8.17. The van der Waals surface area contributed by atoms with Crippen molar-refractivity contribution in [2.75, 3.05) is 32.8 Å². The van der Waals surface area contributed by atoms with E-state index in [2.05, 4.69) is 35.0 Å². The summed E-state index contributed by atoms with van der Waals surface area (Å²) < 4.78 is 0. The number of fused-ring (bicyclic) bond motifs is 1. The Morgan fingerprint density at radius 2 is 2.17 bits per heavy atom. The van der Waals surface area contributed by atoms with Gasteiger partial charge in [0.15, 0.2) is 5.76 Å². The van der Waals surface area contributed by atoms with Gasteiger partial charge in [0.2, 0.25) is 0 Å². The van der Waals surface area contributed by atoms with Gasteiger partial charge in [-0.3, -0.25) is 4.90 Å². The summed E-state index contributed by atoms with van der Waals surface area (Å²) in [5.74, 6) is 0.934. The third-order valence-electron chi connectivity index (χ3n) is 6.34. The van der Waals surface area contributed by atoms with Crippen molar-refractivity contribution in [1.29, 1.82) is 0 Å². The lowest BCUT2D eigenvalue weighted by molar-refractivity contribution is -0.260. The molecule has 1 aromatic rings. The van der Waals surface area contributed by atoms with Gasteiger partial charge in [-0.2, -0.15) is 4.89 Å². The SMILES string of the molecule is C=CCC(O)C(CCN1CCNCC1C1=C2CC=CC=C2OOC1)c1ccccc1. The van der Waals surface area contributed by atoms with Gasteiger partial charge < -0.3 is 15.3 Å². The zero-order valence-corrected chi connectivity index (χ0v) is 17.5. The second-order valence-electron chi connectivity index (χ2n) is 8.17. The van der Waals surface area contributed by atoms with Gasteiger partial charge in [0, 0.05) is 37.2 Å². The molecule has 3 unspecified atom stereocenters. The summed E-state index contributed by atoms with van der Waals surface area (Å²) in [4.78, 5) is 13.4. The number of hydrogen-bond donors (Lipinski definition) is 2. The summed E-state index contributed by atoms with van der Waals surface area (Å²) in [7, 11) is 0. The number of piperazine rings is 1. The molecule has 0 spiro atoms. The van der Waals surface area contributed by atoms with E-state index in [4.69, 9.17) is 9.78 Å². The Morgan fingerprint density at radius 1 is 1.30 bits per heavy atom. The van der Waals surface area contributed by atoms with E-state index in [1.165, 1.54) is 16.7 Å². The Bertz CT molecular complexity index is 815. The first-order valence-electron chi connectivity index (χ1n) is 10.9. The van der Waals surface area contributed by atoms with E-state index in [0.717, 1.165) is 44.8 Å². The Kier molecular flexibility index (Phi) is 7.18. The van der Waals surface area contributed by atoms with Crippen molar-refractivity contribution in [3.05, 3.63) is 83.7 Å². The lowest BCUT2D eigenvalue weighted by atomic mass is 9.87. The number of nitrogens with one attached hydrogen (secondary N) is 1. The Hall–Kier alpha value is -2.18. The highest BCUT2D eigenvalue weighted by atomic mass is 17.2. The summed E-state index contributed by atoms with van der Waals surface area (Å²) in [6.45, 7) is 8.11. The van der Waals surface area contributed by atoms with Crippen molar-refractivity contribution in [3.63, 3.8) is 0 Å². The van der Waals surface area contributed by atoms with Crippen LogP contribution in [0, 0.1) is 0 Å². The summed E-state index contributed by atoms with van der Waals surface area (Å²) >= 11 is 0. The van der Waals surface area contributed by atoms with E-state index in [9.17, 15) is 5.11 Å². The van der Waals surface area contributed by atoms with Gasteiger partial charge in [-0.05, 0) is 43.0 Å². The first-order chi connectivity index (χ1) is 14.8. The summed E-state index contributed by atoms with van der Waals surface area (Å²) in [5, 5.41) is 14.3. The van der Waals surface area contributed by atoms with Crippen LogP contribution in [-0.4, -0.2) is 54.9 Å². The lowest BCUT2D eigenvalue weighted by Gasteiger charge is -2.40. The smallest absolute Gasteiger partial charge is 0.169 e. The highest BCUT2D eigenvalue weighted by Crippen LogP contribution is 2.33. The number of nitrogens with zero attached hydrogens (tertiary/aromatic N) is 1. The van der Waals surface area contributed by atoms with Crippen molar-refractivity contribution >= 4 is 0 Å². The Labute approximate surface area is 179 Å². The first kappa shape index (κ1) is 21.1. The molecule has 0 amide bonds. The maximum Gasteiger partial charge on any atom is 0.169 e. The van der Waals surface area contributed by atoms with Gasteiger partial charge in [-0.15, -0.1) is 6.58 Å². The normalized spacial score (nSPS) is 23.9. The molecule has 0 radical (unpaired) electrons. The molecule has 5 heteroatoms. The van der Waals surface area contributed by atoms with Gasteiger partial charge in [-0.25, -0.2) is 0 Å². The number of allylic oxidation sites excluding steroid dienone is 4. The third kappa shape index (κ3) is 4.76. The van der Waals surface area contributed by atoms with Crippen LogP contribution in [0.5, 0.6) is 0 Å². The highest BCUT2D eigenvalue weighted by Gasteiger charge is 2.32. The minimum Gasteiger partial charge on any atom is -0.392 e. The molecule has 1 aliphatic carbocycles. The van der Waals surface area contributed by atoms with E-state index >= 15 is 0 Å². The molecule has 1 saturated heterocycles. The van der Waals surface area contributed by atoms with Crippen LogP contribution in [0.3, 0.4) is 0 Å². The van der Waals surface area contributed by atoms with Crippen LogP contribution >= 0.6 is 0 Å². The monoisotopic (exact) mass is 408 g/mol. The van der Waals surface area contributed by atoms with Crippen molar-refractivity contribution in [1.82, 2.24) is 10.2 Å². The quantitative estimate of drug-likeness (QED) is 0.510. The molecule has 4 rings (SSSR count). The molecule has 160 valence electrons. The van der Waals surface area contributed by atoms with E-state index in [1.54, 1.807) is 0 Å². The minimum atomic E-state index is -0.419. The van der Waals surface area contributed by atoms with E-state index in [-0.39, 0.29) is 12.0 Å². The number of benzene rings is 1. The van der Waals surface area contributed by atoms with Crippen LogP contribution in [0.15, 0.2) is 78.1 Å². The fourth-order valence-electron chi connectivity index (χ4n) is 4.73. The third-order valence-corrected chi connectivity index (χ3v) is 6.34. The van der Waals surface area contributed by atoms with Gasteiger partial charge in [-0.1, -0.05) is 48.6 Å². The Morgan fingerprint density at radius 3 is 3.00 bits per heavy atom. The standard InChI is InChI=1S/C25H32N2O3/c1-2-8-24(28)20(19-9-4-3-5-10-19)13-15-27-16-14-26-17-23(27)22-18-29-30-25-12-7-6-11-21(22)25/h2-7,9-10,12,20,23-24,26,28H,1,8,11,13-18H2. The molecular formula is C25H32N2O3. The molecule has 0 bridgehead atoms. The minimum absolute atomic E-state index is 0.0939. The molecule has 1 aromatic carbocycles. The van der Waals surface area contributed by atoms with Crippen LogP contribution < -0.4 is 5.32 Å². The molecule has 0 saturated carbocycles. The van der Waals surface area contributed by atoms with Gasteiger partial charge in [0.25, 0.3) is 0 Å². The zero-order chi connectivity index (χ0) is 20.8.